The molecule has 2 aromatic rings. The summed E-state index contributed by atoms with van der Waals surface area (Å²) in [6, 6.07) is 13.3. The van der Waals surface area contributed by atoms with Gasteiger partial charge in [0.1, 0.15) is 5.75 Å². The molecule has 0 aromatic heterocycles. The first-order valence-corrected chi connectivity index (χ1v) is 6.92. The molecule has 1 aliphatic rings. The zero-order valence-corrected chi connectivity index (χ0v) is 12.3. The van der Waals surface area contributed by atoms with Gasteiger partial charge in [0.25, 0.3) is 11.8 Å². The molecule has 1 aliphatic heterocycles. The van der Waals surface area contributed by atoms with Crippen LogP contribution in [-0.4, -0.2) is 30.0 Å². The molecule has 1 heterocycles. The molecule has 116 valence electrons. The Hall–Kier alpha value is -3.15. The quantitative estimate of drug-likeness (QED) is 0.807. The molecule has 6 nitrogen and oxygen atoms in total. The maximum atomic E-state index is 12.1. The zero-order chi connectivity index (χ0) is 16.4. The zero-order valence-electron chi connectivity index (χ0n) is 12.3. The molecule has 2 aromatic carbocycles. The number of nitrogens with zero attached hydrogens (tertiary/aromatic N) is 1. The molecule has 23 heavy (non-hydrogen) atoms. The van der Waals surface area contributed by atoms with Gasteiger partial charge in [0.15, 0.2) is 0 Å². The molecule has 0 fully saturated rings. The molecule has 2 amide bonds. The van der Waals surface area contributed by atoms with Crippen molar-refractivity contribution in [3.8, 4) is 5.75 Å². The Morgan fingerprint density at radius 3 is 2.13 bits per heavy atom. The second-order valence-corrected chi connectivity index (χ2v) is 4.90. The number of amides is 2. The van der Waals surface area contributed by atoms with Crippen LogP contribution < -0.4 is 4.74 Å². The van der Waals surface area contributed by atoms with Crippen molar-refractivity contribution in [3.63, 3.8) is 0 Å². The normalized spacial score (nSPS) is 13.0. The summed E-state index contributed by atoms with van der Waals surface area (Å²) in [7, 11) is 1.49. The van der Waals surface area contributed by atoms with E-state index in [2.05, 4.69) is 0 Å². The average Bonchev–Trinajstić information content (AvgIpc) is 2.81. The lowest BCUT2D eigenvalue weighted by Gasteiger charge is -2.13. The van der Waals surface area contributed by atoms with Crippen LogP contribution in [0.1, 0.15) is 26.3 Å². The molecule has 6 heteroatoms. The Morgan fingerprint density at radius 2 is 1.52 bits per heavy atom. The van der Waals surface area contributed by atoms with Crippen molar-refractivity contribution in [2.24, 2.45) is 0 Å². The predicted octanol–water partition coefficient (Wildman–Crippen LogP) is 1.99. The Labute approximate surface area is 132 Å². The summed E-state index contributed by atoms with van der Waals surface area (Å²) < 4.78 is 5.15. The van der Waals surface area contributed by atoms with Gasteiger partial charge in [-0.25, -0.2) is 4.79 Å². The van der Waals surface area contributed by atoms with Gasteiger partial charge in [0.2, 0.25) is 0 Å². The number of para-hydroxylation sites is 1. The number of fused-ring (bicyclic) bond motifs is 1. The van der Waals surface area contributed by atoms with Crippen molar-refractivity contribution in [3.05, 3.63) is 65.2 Å². The van der Waals surface area contributed by atoms with Crippen molar-refractivity contribution in [1.29, 1.82) is 0 Å². The molecule has 0 atom stereocenters. The molecule has 0 spiro atoms. The van der Waals surface area contributed by atoms with E-state index < -0.39 is 17.8 Å². The molecule has 0 unspecified atom stereocenters. The molecule has 0 N–H and O–H groups in total. The number of carbonyl (C=O) groups is 3. The van der Waals surface area contributed by atoms with Crippen LogP contribution in [0.2, 0.25) is 0 Å². The second kappa shape index (κ2) is 5.92. The molecule has 0 aliphatic carbocycles. The second-order valence-electron chi connectivity index (χ2n) is 4.90. The van der Waals surface area contributed by atoms with E-state index in [9.17, 15) is 14.4 Å². The van der Waals surface area contributed by atoms with Crippen molar-refractivity contribution in [1.82, 2.24) is 5.06 Å². The summed E-state index contributed by atoms with van der Waals surface area (Å²) in [6.07, 6.45) is -0.114. The molecule has 3 rings (SSSR count). The average molecular weight is 311 g/mol. The largest absolute Gasteiger partial charge is 0.496 e. The summed E-state index contributed by atoms with van der Waals surface area (Å²) >= 11 is 0. The van der Waals surface area contributed by atoms with Gasteiger partial charge in [-0.2, -0.15) is 0 Å². The van der Waals surface area contributed by atoms with Crippen LogP contribution in [0.25, 0.3) is 0 Å². The third-order valence-corrected chi connectivity index (χ3v) is 3.48. The number of benzene rings is 2. The van der Waals surface area contributed by atoms with Crippen LogP contribution in [0.5, 0.6) is 5.75 Å². The summed E-state index contributed by atoms with van der Waals surface area (Å²) in [5.41, 5.74) is 1.06. The van der Waals surface area contributed by atoms with Gasteiger partial charge in [-0.05, 0) is 18.2 Å². The Bertz CT molecular complexity index is 764. The fourth-order valence-electron chi connectivity index (χ4n) is 2.39. The molecule has 0 saturated carbocycles. The Balaban J connectivity index is 1.74. The predicted molar refractivity (Wildman–Crippen MR) is 79.7 cm³/mol. The van der Waals surface area contributed by atoms with Gasteiger partial charge in [0.05, 0.1) is 24.7 Å². The van der Waals surface area contributed by atoms with Crippen molar-refractivity contribution in [2.75, 3.05) is 7.11 Å². The first-order valence-electron chi connectivity index (χ1n) is 6.92. The first-order chi connectivity index (χ1) is 11.1. The Morgan fingerprint density at radius 1 is 0.957 bits per heavy atom. The van der Waals surface area contributed by atoms with E-state index in [-0.39, 0.29) is 17.5 Å². The summed E-state index contributed by atoms with van der Waals surface area (Å²) in [5, 5.41) is 0.502. The monoisotopic (exact) mass is 311 g/mol. The number of rotatable bonds is 4. The van der Waals surface area contributed by atoms with E-state index in [0.29, 0.717) is 16.4 Å². The topological polar surface area (TPSA) is 72.9 Å². The number of hydroxylamine groups is 2. The minimum absolute atomic E-state index is 0.114. The number of methoxy groups -OCH3 is 1. The molecular formula is C17H13NO5. The lowest BCUT2D eigenvalue weighted by molar-refractivity contribution is -0.167. The van der Waals surface area contributed by atoms with Crippen LogP contribution in [-0.2, 0) is 16.1 Å². The minimum atomic E-state index is -0.719. The number of ether oxygens (including phenoxy) is 1. The van der Waals surface area contributed by atoms with E-state index in [0.717, 1.165) is 0 Å². The van der Waals surface area contributed by atoms with E-state index in [4.69, 9.17) is 9.57 Å². The SMILES string of the molecule is COc1ccccc1CC(=O)ON1C(=O)c2ccccc2C1=O. The highest BCUT2D eigenvalue weighted by atomic mass is 16.7. The maximum Gasteiger partial charge on any atom is 0.337 e. The van der Waals surface area contributed by atoms with Crippen LogP contribution in [0.15, 0.2) is 48.5 Å². The fourth-order valence-corrected chi connectivity index (χ4v) is 2.39. The molecule has 0 radical (unpaired) electrons. The summed E-state index contributed by atoms with van der Waals surface area (Å²) in [6.45, 7) is 0. The molecular weight excluding hydrogens is 298 g/mol. The maximum absolute atomic E-state index is 12.1. The number of carbonyl (C=O) groups excluding carboxylic acids is 3. The Kier molecular flexibility index (Phi) is 3.80. The number of imide groups is 1. The van der Waals surface area contributed by atoms with Crippen LogP contribution >= 0.6 is 0 Å². The molecule has 0 bridgehead atoms. The summed E-state index contributed by atoms with van der Waals surface area (Å²) in [5.74, 6) is -1.46. The van der Waals surface area contributed by atoms with Crippen LogP contribution in [0.4, 0.5) is 0 Å². The standard InChI is InChI=1S/C17H13NO5/c1-22-14-9-5-2-6-11(14)10-15(19)23-18-16(20)12-7-3-4-8-13(12)17(18)21/h2-9H,10H2,1H3. The minimum Gasteiger partial charge on any atom is -0.496 e. The number of hydrogen-bond donors (Lipinski definition) is 0. The van der Waals surface area contributed by atoms with E-state index >= 15 is 0 Å². The highest BCUT2D eigenvalue weighted by Gasteiger charge is 2.38. The van der Waals surface area contributed by atoms with E-state index in [1.165, 1.54) is 19.2 Å². The smallest absolute Gasteiger partial charge is 0.337 e. The van der Waals surface area contributed by atoms with Gasteiger partial charge < -0.3 is 9.57 Å². The third kappa shape index (κ3) is 2.66. The molecule has 0 saturated heterocycles. The van der Waals surface area contributed by atoms with Crippen molar-refractivity contribution >= 4 is 17.8 Å². The fraction of sp³-hybridized carbons (Fsp3) is 0.118. The highest BCUT2D eigenvalue weighted by Crippen LogP contribution is 2.24. The van der Waals surface area contributed by atoms with Gasteiger partial charge in [-0.15, -0.1) is 0 Å². The lowest BCUT2D eigenvalue weighted by atomic mass is 10.1. The third-order valence-electron chi connectivity index (χ3n) is 3.48. The van der Waals surface area contributed by atoms with Gasteiger partial charge in [-0.3, -0.25) is 9.59 Å². The van der Waals surface area contributed by atoms with Gasteiger partial charge in [0, 0.05) is 5.56 Å². The van der Waals surface area contributed by atoms with Crippen LogP contribution in [0, 0.1) is 0 Å². The number of hydrogen-bond acceptors (Lipinski definition) is 5. The first kappa shape index (κ1) is 14.8. The highest BCUT2D eigenvalue weighted by molar-refractivity contribution is 6.20. The van der Waals surface area contributed by atoms with Gasteiger partial charge in [-0.1, -0.05) is 35.4 Å². The van der Waals surface area contributed by atoms with Crippen LogP contribution in [0.3, 0.4) is 0 Å². The lowest BCUT2D eigenvalue weighted by Crippen LogP contribution is -2.33. The van der Waals surface area contributed by atoms with Gasteiger partial charge >= 0.3 is 5.97 Å². The van der Waals surface area contributed by atoms with Crippen molar-refractivity contribution in [2.45, 2.75) is 6.42 Å². The summed E-state index contributed by atoms with van der Waals surface area (Å²) in [4.78, 5) is 41.3. The van der Waals surface area contributed by atoms with E-state index in [1.807, 2.05) is 0 Å². The van der Waals surface area contributed by atoms with Crippen molar-refractivity contribution < 1.29 is 24.0 Å². The van der Waals surface area contributed by atoms with E-state index in [1.54, 1.807) is 36.4 Å².